The molecule has 3 nitrogen and oxygen atoms in total. The lowest BCUT2D eigenvalue weighted by Crippen LogP contribution is -2.00. The van der Waals surface area contributed by atoms with Crippen LogP contribution < -0.4 is 5.32 Å². The Hall–Kier alpha value is -0.980. The van der Waals surface area contributed by atoms with Crippen LogP contribution in [0.2, 0.25) is 0 Å². The second-order valence-electron chi connectivity index (χ2n) is 3.93. The summed E-state index contributed by atoms with van der Waals surface area (Å²) in [5.74, 6) is 0. The Labute approximate surface area is 131 Å². The van der Waals surface area contributed by atoms with Crippen LogP contribution in [0.25, 0.3) is 11.0 Å². The Balaban J connectivity index is 1.91. The third-order valence-electron chi connectivity index (χ3n) is 2.67. The quantitative estimate of drug-likeness (QED) is 0.686. The SMILES string of the molecule is Brc1cnc2c(NCc3sccc3Br)ccnc2c1. The number of nitrogens with zero attached hydrogens (tertiary/aromatic N) is 2. The van der Waals surface area contributed by atoms with Gasteiger partial charge in [0, 0.05) is 26.2 Å². The van der Waals surface area contributed by atoms with Crippen molar-refractivity contribution in [3.63, 3.8) is 0 Å². The van der Waals surface area contributed by atoms with Crippen molar-refractivity contribution in [2.75, 3.05) is 5.32 Å². The maximum absolute atomic E-state index is 4.42. The largest absolute Gasteiger partial charge is 0.378 e. The van der Waals surface area contributed by atoms with Crippen molar-refractivity contribution >= 4 is 59.9 Å². The van der Waals surface area contributed by atoms with Gasteiger partial charge in [0.1, 0.15) is 5.52 Å². The van der Waals surface area contributed by atoms with Crippen molar-refractivity contribution < 1.29 is 0 Å². The summed E-state index contributed by atoms with van der Waals surface area (Å²) in [4.78, 5) is 10.0. The molecule has 19 heavy (non-hydrogen) atoms. The second-order valence-corrected chi connectivity index (χ2v) is 6.70. The highest BCUT2D eigenvalue weighted by atomic mass is 79.9. The lowest BCUT2D eigenvalue weighted by atomic mass is 10.3. The molecule has 0 spiro atoms. The topological polar surface area (TPSA) is 37.8 Å². The van der Waals surface area contributed by atoms with Crippen LogP contribution in [-0.4, -0.2) is 9.97 Å². The number of nitrogens with one attached hydrogen (secondary N) is 1. The molecule has 0 saturated heterocycles. The highest BCUT2D eigenvalue weighted by Gasteiger charge is 2.05. The highest BCUT2D eigenvalue weighted by molar-refractivity contribution is 9.10. The average molecular weight is 399 g/mol. The number of hydrogen-bond acceptors (Lipinski definition) is 4. The number of pyridine rings is 2. The summed E-state index contributed by atoms with van der Waals surface area (Å²) in [7, 11) is 0. The lowest BCUT2D eigenvalue weighted by molar-refractivity contribution is 1.18. The van der Waals surface area contributed by atoms with Gasteiger partial charge in [0.2, 0.25) is 0 Å². The molecule has 0 amide bonds. The number of hydrogen-bond donors (Lipinski definition) is 1. The molecule has 0 radical (unpaired) electrons. The molecule has 0 bridgehead atoms. The van der Waals surface area contributed by atoms with Gasteiger partial charge in [-0.1, -0.05) is 0 Å². The number of thiophene rings is 1. The van der Waals surface area contributed by atoms with E-state index in [1.54, 1.807) is 23.7 Å². The fourth-order valence-electron chi connectivity index (χ4n) is 1.77. The molecule has 0 fully saturated rings. The normalized spacial score (nSPS) is 10.8. The number of aromatic nitrogens is 2. The number of halogens is 2. The van der Waals surface area contributed by atoms with Crippen LogP contribution >= 0.6 is 43.2 Å². The minimum absolute atomic E-state index is 0.773. The molecule has 0 unspecified atom stereocenters. The van der Waals surface area contributed by atoms with Gasteiger partial charge in [0.15, 0.2) is 0 Å². The Morgan fingerprint density at radius 2 is 2.11 bits per heavy atom. The zero-order valence-corrected chi connectivity index (χ0v) is 13.7. The lowest BCUT2D eigenvalue weighted by Gasteiger charge is -2.08. The van der Waals surface area contributed by atoms with E-state index in [-0.39, 0.29) is 0 Å². The molecular formula is C13H9Br2N3S. The van der Waals surface area contributed by atoms with Crippen molar-refractivity contribution in [2.24, 2.45) is 0 Å². The first-order chi connectivity index (χ1) is 9.24. The Bertz CT molecular complexity index is 727. The van der Waals surface area contributed by atoms with E-state index >= 15 is 0 Å². The molecule has 0 aliphatic heterocycles. The van der Waals surface area contributed by atoms with Crippen molar-refractivity contribution in [1.29, 1.82) is 0 Å². The Morgan fingerprint density at radius 1 is 1.21 bits per heavy atom. The van der Waals surface area contributed by atoms with E-state index < -0.39 is 0 Å². The molecule has 0 atom stereocenters. The van der Waals surface area contributed by atoms with Crippen molar-refractivity contribution in [3.05, 3.63) is 49.8 Å². The number of rotatable bonds is 3. The predicted molar refractivity (Wildman–Crippen MR) is 86.6 cm³/mol. The second kappa shape index (κ2) is 5.56. The molecular weight excluding hydrogens is 390 g/mol. The first kappa shape index (κ1) is 13.0. The van der Waals surface area contributed by atoms with Gasteiger partial charge in [-0.25, -0.2) is 0 Å². The Kier molecular flexibility index (Phi) is 3.81. The van der Waals surface area contributed by atoms with E-state index in [0.717, 1.165) is 32.2 Å². The third kappa shape index (κ3) is 2.80. The van der Waals surface area contributed by atoms with Crippen molar-refractivity contribution in [1.82, 2.24) is 9.97 Å². The van der Waals surface area contributed by atoms with Gasteiger partial charge in [-0.3, -0.25) is 9.97 Å². The average Bonchev–Trinajstić information content (AvgIpc) is 2.81. The van der Waals surface area contributed by atoms with Gasteiger partial charge in [0.05, 0.1) is 17.7 Å². The fourth-order valence-corrected chi connectivity index (χ4v) is 3.53. The van der Waals surface area contributed by atoms with Crippen LogP contribution in [0.1, 0.15) is 4.88 Å². The highest BCUT2D eigenvalue weighted by Crippen LogP contribution is 2.26. The van der Waals surface area contributed by atoms with Gasteiger partial charge in [-0.15, -0.1) is 11.3 Å². The van der Waals surface area contributed by atoms with E-state index in [2.05, 4.69) is 58.6 Å². The first-order valence-electron chi connectivity index (χ1n) is 5.60. The van der Waals surface area contributed by atoms with Gasteiger partial charge in [0.25, 0.3) is 0 Å². The van der Waals surface area contributed by atoms with E-state index in [9.17, 15) is 0 Å². The molecule has 0 aliphatic rings. The zero-order valence-electron chi connectivity index (χ0n) is 9.73. The van der Waals surface area contributed by atoms with Crippen LogP contribution in [0.15, 0.2) is 44.9 Å². The van der Waals surface area contributed by atoms with Gasteiger partial charge in [-0.2, -0.15) is 0 Å². The molecule has 6 heteroatoms. The first-order valence-corrected chi connectivity index (χ1v) is 8.06. The van der Waals surface area contributed by atoms with Gasteiger partial charge >= 0.3 is 0 Å². The molecule has 3 aromatic heterocycles. The molecule has 0 aliphatic carbocycles. The molecule has 96 valence electrons. The van der Waals surface area contributed by atoms with Crippen LogP contribution in [0.5, 0.6) is 0 Å². The third-order valence-corrected chi connectivity index (χ3v) is 5.03. The summed E-state index contributed by atoms with van der Waals surface area (Å²) in [6.45, 7) is 0.773. The predicted octanol–water partition coefficient (Wildman–Crippen LogP) is 4.83. The minimum atomic E-state index is 0.773. The zero-order chi connectivity index (χ0) is 13.2. The van der Waals surface area contributed by atoms with Crippen molar-refractivity contribution in [2.45, 2.75) is 6.54 Å². The maximum atomic E-state index is 4.42. The van der Waals surface area contributed by atoms with E-state index in [1.165, 1.54) is 4.88 Å². The molecule has 3 aromatic rings. The standard InChI is InChI=1S/C13H9Br2N3S/c14-8-5-11-13(18-6-8)10(1-3-16-11)17-7-12-9(15)2-4-19-12/h1-6H,7H2,(H,16,17). The van der Waals surface area contributed by atoms with Crippen LogP contribution in [0.4, 0.5) is 5.69 Å². The number of fused-ring (bicyclic) bond motifs is 1. The molecule has 0 aromatic carbocycles. The van der Waals surface area contributed by atoms with Gasteiger partial charge in [-0.05, 0) is 55.4 Å². The van der Waals surface area contributed by atoms with Crippen LogP contribution in [0.3, 0.4) is 0 Å². The summed E-state index contributed by atoms with van der Waals surface area (Å²) < 4.78 is 2.07. The number of anilines is 1. The molecule has 3 heterocycles. The minimum Gasteiger partial charge on any atom is -0.378 e. The van der Waals surface area contributed by atoms with E-state index in [1.807, 2.05) is 12.1 Å². The summed E-state index contributed by atoms with van der Waals surface area (Å²) in [6.07, 6.45) is 3.58. The monoisotopic (exact) mass is 397 g/mol. The maximum Gasteiger partial charge on any atom is 0.112 e. The smallest absolute Gasteiger partial charge is 0.112 e. The van der Waals surface area contributed by atoms with Gasteiger partial charge < -0.3 is 5.32 Å². The summed E-state index contributed by atoms with van der Waals surface area (Å²) in [5.41, 5.74) is 2.76. The molecule has 0 saturated carbocycles. The molecule has 1 N–H and O–H groups in total. The van der Waals surface area contributed by atoms with Crippen molar-refractivity contribution in [3.8, 4) is 0 Å². The molecule has 3 rings (SSSR count). The van der Waals surface area contributed by atoms with Crippen LogP contribution in [0, 0.1) is 0 Å². The Morgan fingerprint density at radius 3 is 2.89 bits per heavy atom. The van der Waals surface area contributed by atoms with Crippen LogP contribution in [-0.2, 0) is 6.54 Å². The summed E-state index contributed by atoms with van der Waals surface area (Å²) in [5, 5.41) is 5.48. The van der Waals surface area contributed by atoms with E-state index in [4.69, 9.17) is 0 Å². The summed E-state index contributed by atoms with van der Waals surface area (Å²) >= 11 is 8.67. The fraction of sp³-hybridized carbons (Fsp3) is 0.0769. The van der Waals surface area contributed by atoms with E-state index in [0.29, 0.717) is 0 Å². The summed E-state index contributed by atoms with van der Waals surface area (Å²) in [6, 6.07) is 5.97.